The van der Waals surface area contributed by atoms with Crippen LogP contribution in [0.2, 0.25) is 5.15 Å². The van der Waals surface area contributed by atoms with Crippen molar-refractivity contribution in [3.05, 3.63) is 29.2 Å². The summed E-state index contributed by atoms with van der Waals surface area (Å²) in [6, 6.07) is 6.30. The van der Waals surface area contributed by atoms with Crippen LogP contribution in [0.15, 0.2) is 18.2 Å². The Balaban J connectivity index is 2.08. The Bertz CT molecular complexity index is 577. The lowest BCUT2D eigenvalue weighted by atomic mass is 10.2. The lowest BCUT2D eigenvalue weighted by Crippen LogP contribution is -2.17. The summed E-state index contributed by atoms with van der Waals surface area (Å²) in [5.74, 6) is 0.807. The number of fused-ring (bicyclic) bond motifs is 1. The summed E-state index contributed by atoms with van der Waals surface area (Å²) in [7, 11) is 0. The summed E-state index contributed by atoms with van der Waals surface area (Å²) >= 11 is 6.25. The number of benzene rings is 1. The fourth-order valence-electron chi connectivity index (χ4n) is 2.45. The van der Waals surface area contributed by atoms with Gasteiger partial charge in [0.1, 0.15) is 11.0 Å². The van der Waals surface area contributed by atoms with Gasteiger partial charge in [0.05, 0.1) is 5.52 Å². The van der Waals surface area contributed by atoms with E-state index >= 15 is 0 Å². The predicted octanol–water partition coefficient (Wildman–Crippen LogP) is 3.45. The molecule has 1 fully saturated rings. The Kier molecular flexibility index (Phi) is 3.08. The van der Waals surface area contributed by atoms with Crippen LogP contribution >= 0.6 is 11.6 Å². The number of anilines is 1. The van der Waals surface area contributed by atoms with Crippen LogP contribution in [-0.4, -0.2) is 23.1 Å². The molecule has 1 aromatic carbocycles. The number of nitrogens with zero attached hydrogens (tertiary/aromatic N) is 3. The molecule has 2 heterocycles. The van der Waals surface area contributed by atoms with Gasteiger partial charge in [0.2, 0.25) is 0 Å². The molecule has 4 heteroatoms. The van der Waals surface area contributed by atoms with Crippen LogP contribution in [0, 0.1) is 0 Å². The third-order valence-corrected chi connectivity index (χ3v) is 3.75. The van der Waals surface area contributed by atoms with Crippen molar-refractivity contribution < 1.29 is 0 Å². The summed E-state index contributed by atoms with van der Waals surface area (Å²) in [4.78, 5) is 11.2. The predicted molar refractivity (Wildman–Crippen MR) is 75.4 cm³/mol. The molecule has 0 atom stereocenters. The second kappa shape index (κ2) is 4.73. The summed E-state index contributed by atoms with van der Waals surface area (Å²) in [6.45, 7) is 4.31. The zero-order valence-corrected chi connectivity index (χ0v) is 11.2. The molecule has 1 aromatic heterocycles. The zero-order chi connectivity index (χ0) is 12.5. The largest absolute Gasteiger partial charge is 0.372 e. The van der Waals surface area contributed by atoms with Gasteiger partial charge in [-0.3, -0.25) is 0 Å². The molecule has 1 saturated heterocycles. The number of aryl methyl sites for hydroxylation is 1. The topological polar surface area (TPSA) is 29.0 Å². The van der Waals surface area contributed by atoms with Crippen LogP contribution in [0.1, 0.15) is 25.6 Å². The maximum atomic E-state index is 6.25. The molecule has 0 radical (unpaired) electrons. The molecule has 0 spiro atoms. The average molecular weight is 262 g/mol. The number of hydrogen-bond donors (Lipinski definition) is 0. The van der Waals surface area contributed by atoms with E-state index in [9.17, 15) is 0 Å². The molecule has 0 unspecified atom stereocenters. The van der Waals surface area contributed by atoms with Gasteiger partial charge in [-0.15, -0.1) is 0 Å². The highest BCUT2D eigenvalue weighted by Gasteiger charge is 2.14. The molecule has 2 aromatic rings. The minimum atomic E-state index is 0.567. The van der Waals surface area contributed by atoms with Crippen LogP contribution in [0.3, 0.4) is 0 Å². The van der Waals surface area contributed by atoms with E-state index in [0.717, 1.165) is 36.2 Å². The second-order valence-electron chi connectivity index (χ2n) is 4.68. The van der Waals surface area contributed by atoms with Gasteiger partial charge in [0, 0.05) is 30.6 Å². The molecule has 0 amide bonds. The van der Waals surface area contributed by atoms with E-state index in [2.05, 4.69) is 33.1 Å². The molecular weight excluding hydrogens is 246 g/mol. The number of hydrogen-bond acceptors (Lipinski definition) is 3. The lowest BCUT2D eigenvalue weighted by molar-refractivity contribution is 0.949. The molecule has 94 valence electrons. The van der Waals surface area contributed by atoms with Crippen molar-refractivity contribution in [1.29, 1.82) is 0 Å². The van der Waals surface area contributed by atoms with E-state index in [1.165, 1.54) is 18.5 Å². The number of halogens is 1. The monoisotopic (exact) mass is 261 g/mol. The molecule has 1 aliphatic rings. The lowest BCUT2D eigenvalue weighted by Gasteiger charge is -2.18. The van der Waals surface area contributed by atoms with Crippen LogP contribution in [-0.2, 0) is 6.42 Å². The first-order valence-electron chi connectivity index (χ1n) is 6.49. The average Bonchev–Trinajstić information content (AvgIpc) is 2.92. The van der Waals surface area contributed by atoms with Crippen molar-refractivity contribution in [2.45, 2.75) is 26.2 Å². The van der Waals surface area contributed by atoms with Gasteiger partial charge < -0.3 is 4.90 Å². The van der Waals surface area contributed by atoms with E-state index < -0.39 is 0 Å². The van der Waals surface area contributed by atoms with Crippen LogP contribution < -0.4 is 4.90 Å². The van der Waals surface area contributed by atoms with Crippen LogP contribution in [0.4, 0.5) is 5.69 Å². The van der Waals surface area contributed by atoms with Gasteiger partial charge in [-0.2, -0.15) is 0 Å². The van der Waals surface area contributed by atoms with Gasteiger partial charge in [0.25, 0.3) is 0 Å². The SMILES string of the molecule is CCc1nc(Cl)c2cc(N3CCCC3)ccc2n1. The van der Waals surface area contributed by atoms with E-state index in [1.807, 2.05) is 6.92 Å². The molecule has 0 N–H and O–H groups in total. The Labute approximate surface area is 112 Å². The molecule has 18 heavy (non-hydrogen) atoms. The first-order valence-corrected chi connectivity index (χ1v) is 6.87. The summed E-state index contributed by atoms with van der Waals surface area (Å²) in [6.07, 6.45) is 3.36. The van der Waals surface area contributed by atoms with Crippen molar-refractivity contribution in [3.63, 3.8) is 0 Å². The third-order valence-electron chi connectivity index (χ3n) is 3.47. The highest BCUT2D eigenvalue weighted by Crippen LogP contribution is 2.27. The van der Waals surface area contributed by atoms with E-state index in [0.29, 0.717) is 5.15 Å². The molecule has 0 aliphatic carbocycles. The third kappa shape index (κ3) is 2.03. The quantitative estimate of drug-likeness (QED) is 0.776. The van der Waals surface area contributed by atoms with Crippen molar-refractivity contribution >= 4 is 28.2 Å². The minimum Gasteiger partial charge on any atom is -0.372 e. The normalized spacial score (nSPS) is 15.6. The molecule has 0 bridgehead atoms. The fourth-order valence-corrected chi connectivity index (χ4v) is 2.70. The van der Waals surface area contributed by atoms with Gasteiger partial charge >= 0.3 is 0 Å². The summed E-state index contributed by atoms with van der Waals surface area (Å²) < 4.78 is 0. The smallest absolute Gasteiger partial charge is 0.140 e. The first-order chi connectivity index (χ1) is 8.78. The first kappa shape index (κ1) is 11.7. The van der Waals surface area contributed by atoms with Crippen molar-refractivity contribution in [1.82, 2.24) is 9.97 Å². The molecule has 0 saturated carbocycles. The van der Waals surface area contributed by atoms with Crippen molar-refractivity contribution in [2.24, 2.45) is 0 Å². The second-order valence-corrected chi connectivity index (χ2v) is 5.04. The van der Waals surface area contributed by atoms with Gasteiger partial charge in [-0.25, -0.2) is 9.97 Å². The number of aromatic nitrogens is 2. The fraction of sp³-hybridized carbons (Fsp3) is 0.429. The van der Waals surface area contributed by atoms with E-state index in [1.54, 1.807) is 0 Å². The van der Waals surface area contributed by atoms with Crippen molar-refractivity contribution in [2.75, 3.05) is 18.0 Å². The molecular formula is C14H16ClN3. The van der Waals surface area contributed by atoms with Gasteiger partial charge in [-0.05, 0) is 31.0 Å². The minimum absolute atomic E-state index is 0.567. The number of rotatable bonds is 2. The molecule has 3 rings (SSSR count). The van der Waals surface area contributed by atoms with E-state index in [-0.39, 0.29) is 0 Å². The van der Waals surface area contributed by atoms with Crippen LogP contribution in [0.25, 0.3) is 10.9 Å². The molecule has 3 nitrogen and oxygen atoms in total. The highest BCUT2D eigenvalue weighted by atomic mass is 35.5. The Hall–Kier alpha value is -1.35. The Morgan fingerprint density at radius 1 is 1.22 bits per heavy atom. The Morgan fingerprint density at radius 2 is 2.00 bits per heavy atom. The maximum Gasteiger partial charge on any atom is 0.140 e. The maximum absolute atomic E-state index is 6.25. The van der Waals surface area contributed by atoms with Crippen molar-refractivity contribution in [3.8, 4) is 0 Å². The molecule has 1 aliphatic heterocycles. The standard InChI is InChI=1S/C14H16ClN3/c1-2-13-16-12-6-5-10(18-7-3-4-8-18)9-11(12)14(15)17-13/h5-6,9H,2-4,7-8H2,1H3. The summed E-state index contributed by atoms with van der Waals surface area (Å²) in [5, 5.41) is 1.52. The van der Waals surface area contributed by atoms with Crippen LogP contribution in [0.5, 0.6) is 0 Å². The summed E-state index contributed by atoms with van der Waals surface area (Å²) in [5.41, 5.74) is 2.17. The van der Waals surface area contributed by atoms with Gasteiger partial charge in [-0.1, -0.05) is 18.5 Å². The zero-order valence-electron chi connectivity index (χ0n) is 10.5. The van der Waals surface area contributed by atoms with E-state index in [4.69, 9.17) is 11.6 Å². The Morgan fingerprint density at radius 3 is 2.72 bits per heavy atom. The van der Waals surface area contributed by atoms with Gasteiger partial charge in [0.15, 0.2) is 0 Å². The highest BCUT2D eigenvalue weighted by molar-refractivity contribution is 6.34.